The van der Waals surface area contributed by atoms with Gasteiger partial charge in [-0.25, -0.2) is 4.98 Å². The summed E-state index contributed by atoms with van der Waals surface area (Å²) < 4.78 is 0.970. The van der Waals surface area contributed by atoms with Crippen molar-refractivity contribution in [3.63, 3.8) is 0 Å². The molecule has 2 saturated carbocycles. The maximum absolute atomic E-state index is 4.50. The van der Waals surface area contributed by atoms with Gasteiger partial charge in [0.15, 0.2) is 5.13 Å². The molecule has 1 aromatic rings. The van der Waals surface area contributed by atoms with Crippen LogP contribution in [0.25, 0.3) is 0 Å². The molecule has 0 amide bonds. The van der Waals surface area contributed by atoms with Crippen molar-refractivity contribution in [3.05, 3.63) is 9.98 Å². The summed E-state index contributed by atoms with van der Waals surface area (Å²) in [6, 6.07) is 0.752. The summed E-state index contributed by atoms with van der Waals surface area (Å²) in [7, 11) is 2.20. The van der Waals surface area contributed by atoms with Gasteiger partial charge in [-0.15, -0.1) is 11.3 Å². The molecule has 2 nitrogen and oxygen atoms in total. The van der Waals surface area contributed by atoms with Crippen LogP contribution >= 0.6 is 27.3 Å². The molecular weight excluding hydrogens is 272 g/mol. The highest BCUT2D eigenvalue weighted by Crippen LogP contribution is 2.47. The van der Waals surface area contributed by atoms with Crippen molar-refractivity contribution < 1.29 is 0 Å². The third kappa shape index (κ3) is 1.72. The Morgan fingerprint density at radius 2 is 2.33 bits per heavy atom. The average molecular weight is 287 g/mol. The second-order valence-electron chi connectivity index (χ2n) is 4.81. The van der Waals surface area contributed by atoms with Crippen LogP contribution in [0.3, 0.4) is 0 Å². The molecule has 0 aliphatic heterocycles. The molecule has 3 rings (SSSR count). The SMILES string of the molecule is CN(c1nc(Br)cs1)C1CC2CCC1C2. The molecule has 1 heterocycles. The number of nitrogens with zero attached hydrogens (tertiary/aromatic N) is 2. The van der Waals surface area contributed by atoms with Gasteiger partial charge in [0.1, 0.15) is 4.60 Å². The van der Waals surface area contributed by atoms with Crippen LogP contribution in [-0.2, 0) is 0 Å². The lowest BCUT2D eigenvalue weighted by Crippen LogP contribution is -2.35. The van der Waals surface area contributed by atoms with Crippen LogP contribution in [0, 0.1) is 11.8 Å². The number of hydrogen-bond donors (Lipinski definition) is 0. The van der Waals surface area contributed by atoms with Gasteiger partial charge in [-0.3, -0.25) is 0 Å². The predicted octanol–water partition coefficient (Wildman–Crippen LogP) is 3.53. The van der Waals surface area contributed by atoms with Crippen LogP contribution in [0.4, 0.5) is 5.13 Å². The first-order chi connectivity index (χ1) is 7.24. The minimum atomic E-state index is 0.752. The lowest BCUT2D eigenvalue weighted by molar-refractivity contribution is 0.405. The van der Waals surface area contributed by atoms with Crippen molar-refractivity contribution >= 4 is 32.4 Å². The van der Waals surface area contributed by atoms with Gasteiger partial charge in [0.25, 0.3) is 0 Å². The Kier molecular flexibility index (Phi) is 2.51. The Hall–Kier alpha value is -0.0900. The van der Waals surface area contributed by atoms with Crippen LogP contribution in [-0.4, -0.2) is 18.1 Å². The molecule has 0 aromatic carbocycles. The van der Waals surface area contributed by atoms with Crippen molar-refractivity contribution in [1.82, 2.24) is 4.98 Å². The second-order valence-corrected chi connectivity index (χ2v) is 6.45. The van der Waals surface area contributed by atoms with E-state index in [0.717, 1.165) is 22.5 Å². The Balaban J connectivity index is 1.77. The molecule has 2 aliphatic carbocycles. The molecule has 2 aliphatic rings. The molecule has 15 heavy (non-hydrogen) atoms. The van der Waals surface area contributed by atoms with E-state index >= 15 is 0 Å². The maximum atomic E-state index is 4.50. The van der Waals surface area contributed by atoms with E-state index in [9.17, 15) is 0 Å². The van der Waals surface area contributed by atoms with E-state index in [1.54, 1.807) is 11.3 Å². The van der Waals surface area contributed by atoms with Gasteiger partial charge in [-0.1, -0.05) is 6.42 Å². The first-order valence-corrected chi connectivity index (χ1v) is 7.25. The van der Waals surface area contributed by atoms with E-state index in [2.05, 4.69) is 38.2 Å². The minimum Gasteiger partial charge on any atom is -0.348 e. The molecule has 0 saturated heterocycles. The molecule has 0 spiro atoms. The molecule has 3 atom stereocenters. The molecule has 1 aromatic heterocycles. The monoisotopic (exact) mass is 286 g/mol. The fourth-order valence-corrected chi connectivity index (χ4v) is 4.51. The van der Waals surface area contributed by atoms with Crippen LogP contribution in [0.15, 0.2) is 9.98 Å². The summed E-state index contributed by atoms with van der Waals surface area (Å²) >= 11 is 5.16. The highest BCUT2D eigenvalue weighted by atomic mass is 79.9. The number of aromatic nitrogens is 1. The second kappa shape index (κ2) is 3.74. The molecule has 2 bridgehead atoms. The van der Waals surface area contributed by atoms with E-state index < -0.39 is 0 Å². The Morgan fingerprint density at radius 1 is 1.47 bits per heavy atom. The van der Waals surface area contributed by atoms with Crippen molar-refractivity contribution in [2.45, 2.75) is 31.7 Å². The van der Waals surface area contributed by atoms with Gasteiger partial charge in [-0.05, 0) is 47.0 Å². The van der Waals surface area contributed by atoms with Crippen molar-refractivity contribution in [2.75, 3.05) is 11.9 Å². The molecule has 4 heteroatoms. The topological polar surface area (TPSA) is 16.1 Å². The van der Waals surface area contributed by atoms with Gasteiger partial charge in [0.05, 0.1) is 0 Å². The number of anilines is 1. The van der Waals surface area contributed by atoms with E-state index in [-0.39, 0.29) is 0 Å². The number of fused-ring (bicyclic) bond motifs is 2. The third-order valence-electron chi connectivity index (χ3n) is 3.96. The van der Waals surface area contributed by atoms with Gasteiger partial charge < -0.3 is 4.90 Å². The normalized spacial score (nSPS) is 33.6. The van der Waals surface area contributed by atoms with Gasteiger partial charge in [0, 0.05) is 18.5 Å². The zero-order chi connectivity index (χ0) is 10.4. The Morgan fingerprint density at radius 3 is 2.87 bits per heavy atom. The van der Waals surface area contributed by atoms with E-state index in [4.69, 9.17) is 0 Å². The molecule has 82 valence electrons. The molecule has 0 radical (unpaired) electrons. The highest BCUT2D eigenvalue weighted by Gasteiger charge is 2.41. The molecular formula is C11H15BrN2S. The quantitative estimate of drug-likeness (QED) is 0.827. The van der Waals surface area contributed by atoms with Crippen molar-refractivity contribution in [1.29, 1.82) is 0 Å². The molecule has 2 fully saturated rings. The van der Waals surface area contributed by atoms with E-state index in [0.29, 0.717) is 0 Å². The largest absolute Gasteiger partial charge is 0.348 e. The summed E-state index contributed by atoms with van der Waals surface area (Å²) in [6.07, 6.45) is 5.75. The zero-order valence-electron chi connectivity index (χ0n) is 8.82. The van der Waals surface area contributed by atoms with Crippen molar-refractivity contribution in [2.24, 2.45) is 11.8 Å². The predicted molar refractivity (Wildman–Crippen MR) is 67.5 cm³/mol. The molecule has 0 N–H and O–H groups in total. The summed E-state index contributed by atoms with van der Waals surface area (Å²) in [5, 5.41) is 3.23. The number of thiazole rings is 1. The number of hydrogen-bond acceptors (Lipinski definition) is 3. The zero-order valence-corrected chi connectivity index (χ0v) is 11.2. The first-order valence-electron chi connectivity index (χ1n) is 5.58. The van der Waals surface area contributed by atoms with Crippen LogP contribution in [0.1, 0.15) is 25.7 Å². The van der Waals surface area contributed by atoms with E-state index in [1.807, 2.05) is 0 Å². The summed E-state index contributed by atoms with van der Waals surface area (Å²) in [5.74, 6) is 1.94. The smallest absolute Gasteiger partial charge is 0.186 e. The van der Waals surface area contributed by atoms with Gasteiger partial charge >= 0.3 is 0 Å². The van der Waals surface area contributed by atoms with Crippen molar-refractivity contribution in [3.8, 4) is 0 Å². The molecule has 3 unspecified atom stereocenters. The van der Waals surface area contributed by atoms with Gasteiger partial charge in [0.2, 0.25) is 0 Å². The van der Waals surface area contributed by atoms with E-state index in [1.165, 1.54) is 30.8 Å². The van der Waals surface area contributed by atoms with Crippen LogP contribution in [0.5, 0.6) is 0 Å². The lowest BCUT2D eigenvalue weighted by atomic mass is 9.95. The number of halogens is 1. The summed E-state index contributed by atoms with van der Waals surface area (Å²) in [6.45, 7) is 0. The summed E-state index contributed by atoms with van der Waals surface area (Å²) in [5.41, 5.74) is 0. The van der Waals surface area contributed by atoms with Crippen LogP contribution in [0.2, 0.25) is 0 Å². The lowest BCUT2D eigenvalue weighted by Gasteiger charge is -2.31. The average Bonchev–Trinajstić information content (AvgIpc) is 2.90. The Labute approximate surface area is 103 Å². The Bertz CT molecular complexity index is 365. The fourth-order valence-electron chi connectivity index (χ4n) is 3.23. The first kappa shape index (κ1) is 10.1. The highest BCUT2D eigenvalue weighted by molar-refractivity contribution is 9.10. The number of rotatable bonds is 2. The summed E-state index contributed by atoms with van der Waals surface area (Å²) in [4.78, 5) is 6.90. The standard InChI is InChI=1S/C11H15BrN2S/c1-14(11-13-10(12)6-15-11)9-5-7-2-3-8(9)4-7/h6-9H,2-5H2,1H3. The minimum absolute atomic E-state index is 0.752. The third-order valence-corrected chi connectivity index (χ3v) is 5.60. The van der Waals surface area contributed by atoms with Gasteiger partial charge in [-0.2, -0.15) is 0 Å². The fraction of sp³-hybridized carbons (Fsp3) is 0.727. The maximum Gasteiger partial charge on any atom is 0.186 e. The van der Waals surface area contributed by atoms with Crippen LogP contribution < -0.4 is 4.90 Å².